The normalized spacial score (nSPS) is 10.3. The minimum Gasteiger partial charge on any atom is -0.477 e. The third kappa shape index (κ3) is 4.44. The highest BCUT2D eigenvalue weighted by molar-refractivity contribution is 6.00. The molecule has 2 amide bonds. The van der Waals surface area contributed by atoms with Gasteiger partial charge in [-0.15, -0.1) is 0 Å². The molecule has 7 heteroatoms. The Balaban J connectivity index is 2.09. The Morgan fingerprint density at radius 3 is 2.27 bits per heavy atom. The lowest BCUT2D eigenvalue weighted by Crippen LogP contribution is -2.38. The molecule has 0 fully saturated rings. The maximum atomic E-state index is 12.5. The number of carboxylic acids is 1. The Morgan fingerprint density at radius 1 is 1.12 bits per heavy atom. The van der Waals surface area contributed by atoms with Gasteiger partial charge in [0.15, 0.2) is 0 Å². The van der Waals surface area contributed by atoms with Crippen LogP contribution in [-0.2, 0) is 4.79 Å². The summed E-state index contributed by atoms with van der Waals surface area (Å²) in [6.45, 7) is 5.80. The quantitative estimate of drug-likeness (QED) is 0.829. The monoisotopic (exact) mass is 355 g/mol. The van der Waals surface area contributed by atoms with Crippen molar-refractivity contribution in [2.75, 3.05) is 18.4 Å². The maximum Gasteiger partial charge on any atom is 0.354 e. The van der Waals surface area contributed by atoms with Crippen molar-refractivity contribution in [1.82, 2.24) is 9.88 Å². The maximum absolute atomic E-state index is 12.5. The molecule has 0 radical (unpaired) electrons. The standard InChI is InChI=1S/C19H21N3O4/c1-4-22(18(24)14-8-9-15(19(25)26)20-10-14)11-16(23)21-17-12(2)6-5-7-13(17)3/h5-10H,4,11H2,1-3H3,(H,21,23)(H,25,26). The minimum atomic E-state index is -1.16. The van der Waals surface area contributed by atoms with Crippen molar-refractivity contribution in [2.45, 2.75) is 20.8 Å². The van der Waals surface area contributed by atoms with E-state index in [1.165, 1.54) is 23.2 Å². The van der Waals surface area contributed by atoms with Crippen LogP contribution in [0.3, 0.4) is 0 Å². The molecule has 1 aromatic carbocycles. The highest BCUT2D eigenvalue weighted by atomic mass is 16.4. The second kappa shape index (κ2) is 8.24. The SMILES string of the molecule is CCN(CC(=O)Nc1c(C)cccc1C)C(=O)c1ccc(C(=O)O)nc1. The summed E-state index contributed by atoms with van der Waals surface area (Å²) in [4.78, 5) is 40.9. The van der Waals surface area contributed by atoms with Crippen LogP contribution in [0.5, 0.6) is 0 Å². The van der Waals surface area contributed by atoms with Gasteiger partial charge < -0.3 is 15.3 Å². The molecule has 0 spiro atoms. The fourth-order valence-corrected chi connectivity index (χ4v) is 2.52. The molecule has 2 rings (SSSR count). The fourth-order valence-electron chi connectivity index (χ4n) is 2.52. The van der Waals surface area contributed by atoms with E-state index in [9.17, 15) is 14.4 Å². The van der Waals surface area contributed by atoms with Gasteiger partial charge >= 0.3 is 5.97 Å². The van der Waals surface area contributed by atoms with Crippen LogP contribution in [0, 0.1) is 13.8 Å². The van der Waals surface area contributed by atoms with Gasteiger partial charge in [-0.05, 0) is 44.0 Å². The second-order valence-electron chi connectivity index (χ2n) is 5.87. The number of hydrogen-bond donors (Lipinski definition) is 2. The summed E-state index contributed by atoms with van der Waals surface area (Å²) < 4.78 is 0. The van der Waals surface area contributed by atoms with E-state index in [-0.39, 0.29) is 29.6 Å². The number of nitrogens with one attached hydrogen (secondary N) is 1. The van der Waals surface area contributed by atoms with Gasteiger partial charge in [-0.1, -0.05) is 18.2 Å². The van der Waals surface area contributed by atoms with E-state index in [2.05, 4.69) is 10.3 Å². The van der Waals surface area contributed by atoms with E-state index < -0.39 is 5.97 Å². The van der Waals surface area contributed by atoms with E-state index in [0.717, 1.165) is 16.8 Å². The number of aromatic carboxylic acids is 1. The molecule has 136 valence electrons. The zero-order chi connectivity index (χ0) is 19.3. The van der Waals surface area contributed by atoms with Gasteiger partial charge in [-0.2, -0.15) is 0 Å². The molecule has 0 bridgehead atoms. The van der Waals surface area contributed by atoms with Crippen LogP contribution < -0.4 is 5.32 Å². The van der Waals surface area contributed by atoms with Gasteiger partial charge in [0.05, 0.1) is 5.56 Å². The number of carbonyl (C=O) groups is 3. The number of likely N-dealkylation sites (N-methyl/N-ethyl adjacent to an activating group) is 1. The average molecular weight is 355 g/mol. The number of hydrogen-bond acceptors (Lipinski definition) is 4. The third-order valence-corrected chi connectivity index (χ3v) is 3.98. The van der Waals surface area contributed by atoms with E-state index in [1.807, 2.05) is 32.0 Å². The molecular weight excluding hydrogens is 334 g/mol. The van der Waals surface area contributed by atoms with Gasteiger partial charge in [-0.3, -0.25) is 9.59 Å². The van der Waals surface area contributed by atoms with Crippen molar-refractivity contribution in [2.24, 2.45) is 0 Å². The summed E-state index contributed by atoms with van der Waals surface area (Å²) in [5.74, 6) is -1.84. The van der Waals surface area contributed by atoms with Crippen LogP contribution >= 0.6 is 0 Å². The van der Waals surface area contributed by atoms with E-state index >= 15 is 0 Å². The van der Waals surface area contributed by atoms with E-state index in [0.29, 0.717) is 6.54 Å². The fraction of sp³-hybridized carbons (Fsp3) is 0.263. The first-order chi connectivity index (χ1) is 12.3. The Kier molecular flexibility index (Phi) is 6.06. The largest absolute Gasteiger partial charge is 0.477 e. The lowest BCUT2D eigenvalue weighted by molar-refractivity contribution is -0.116. The van der Waals surface area contributed by atoms with Crippen molar-refractivity contribution in [3.05, 3.63) is 58.9 Å². The first-order valence-corrected chi connectivity index (χ1v) is 8.18. The van der Waals surface area contributed by atoms with Crippen molar-refractivity contribution >= 4 is 23.5 Å². The van der Waals surface area contributed by atoms with Gasteiger partial charge in [0.25, 0.3) is 5.91 Å². The number of carbonyl (C=O) groups excluding carboxylic acids is 2. The molecule has 0 saturated heterocycles. The van der Waals surface area contributed by atoms with E-state index in [4.69, 9.17) is 5.11 Å². The number of aryl methyl sites for hydroxylation is 2. The van der Waals surface area contributed by atoms with Crippen molar-refractivity contribution < 1.29 is 19.5 Å². The van der Waals surface area contributed by atoms with Crippen LogP contribution in [0.1, 0.15) is 38.9 Å². The van der Waals surface area contributed by atoms with Gasteiger partial charge in [0.2, 0.25) is 5.91 Å². The molecule has 0 aliphatic heterocycles. The number of carboxylic acid groups (broad SMARTS) is 1. The van der Waals surface area contributed by atoms with Crippen molar-refractivity contribution in [1.29, 1.82) is 0 Å². The lowest BCUT2D eigenvalue weighted by atomic mass is 10.1. The molecule has 0 unspecified atom stereocenters. The van der Waals surface area contributed by atoms with Crippen LogP contribution in [0.25, 0.3) is 0 Å². The molecule has 26 heavy (non-hydrogen) atoms. The lowest BCUT2D eigenvalue weighted by Gasteiger charge is -2.21. The molecule has 1 aromatic heterocycles. The van der Waals surface area contributed by atoms with Gasteiger partial charge in [-0.25, -0.2) is 9.78 Å². The molecule has 2 N–H and O–H groups in total. The number of amides is 2. The minimum absolute atomic E-state index is 0.107. The van der Waals surface area contributed by atoms with Crippen LogP contribution in [0.2, 0.25) is 0 Å². The summed E-state index contributed by atoms with van der Waals surface area (Å²) in [7, 11) is 0. The predicted molar refractivity (Wildman–Crippen MR) is 97.3 cm³/mol. The van der Waals surface area contributed by atoms with Crippen molar-refractivity contribution in [3.8, 4) is 0 Å². The molecule has 0 atom stereocenters. The molecule has 7 nitrogen and oxygen atoms in total. The number of pyridine rings is 1. The zero-order valence-corrected chi connectivity index (χ0v) is 14.9. The summed E-state index contributed by atoms with van der Waals surface area (Å²) in [6.07, 6.45) is 1.21. The number of para-hydroxylation sites is 1. The average Bonchev–Trinajstić information content (AvgIpc) is 2.62. The Hall–Kier alpha value is -3.22. The van der Waals surface area contributed by atoms with Crippen LogP contribution in [0.15, 0.2) is 36.5 Å². The van der Waals surface area contributed by atoms with Gasteiger partial charge in [0.1, 0.15) is 12.2 Å². The molecule has 2 aromatic rings. The number of rotatable bonds is 6. The zero-order valence-electron chi connectivity index (χ0n) is 14.9. The third-order valence-electron chi connectivity index (χ3n) is 3.98. The Bertz CT molecular complexity index is 811. The molecule has 0 aliphatic rings. The molecule has 0 saturated carbocycles. The Labute approximate surface area is 151 Å². The van der Waals surface area contributed by atoms with Crippen LogP contribution in [-0.4, -0.2) is 45.9 Å². The number of nitrogens with zero attached hydrogens (tertiary/aromatic N) is 2. The predicted octanol–water partition coefficient (Wildman–Crippen LogP) is 2.50. The second-order valence-corrected chi connectivity index (χ2v) is 5.87. The highest BCUT2D eigenvalue weighted by Gasteiger charge is 2.19. The summed E-state index contributed by atoms with van der Waals surface area (Å²) in [5.41, 5.74) is 2.73. The Morgan fingerprint density at radius 2 is 1.77 bits per heavy atom. The topological polar surface area (TPSA) is 99.6 Å². The summed E-state index contributed by atoms with van der Waals surface area (Å²) in [6, 6.07) is 8.38. The number of aromatic nitrogens is 1. The smallest absolute Gasteiger partial charge is 0.354 e. The number of benzene rings is 1. The van der Waals surface area contributed by atoms with Gasteiger partial charge in [0, 0.05) is 18.4 Å². The van der Waals surface area contributed by atoms with E-state index in [1.54, 1.807) is 6.92 Å². The first kappa shape index (κ1) is 19.1. The number of anilines is 1. The summed E-state index contributed by atoms with van der Waals surface area (Å²) >= 11 is 0. The summed E-state index contributed by atoms with van der Waals surface area (Å²) in [5, 5.41) is 11.7. The van der Waals surface area contributed by atoms with Crippen molar-refractivity contribution in [3.63, 3.8) is 0 Å². The molecule has 0 aliphatic carbocycles. The molecular formula is C19H21N3O4. The molecule has 1 heterocycles. The highest BCUT2D eigenvalue weighted by Crippen LogP contribution is 2.19. The van der Waals surface area contributed by atoms with Crippen LogP contribution in [0.4, 0.5) is 5.69 Å². The first-order valence-electron chi connectivity index (χ1n) is 8.18.